The van der Waals surface area contributed by atoms with E-state index in [1.807, 2.05) is 42.5 Å². The van der Waals surface area contributed by atoms with Crippen LogP contribution in [0.3, 0.4) is 0 Å². The molecule has 3 rings (SSSR count). The number of halogens is 1. The lowest BCUT2D eigenvalue weighted by Crippen LogP contribution is -2.48. The minimum atomic E-state index is -0.696. The molecule has 0 aliphatic heterocycles. The van der Waals surface area contributed by atoms with Crippen LogP contribution in [0, 0.1) is 0 Å². The van der Waals surface area contributed by atoms with Crippen LogP contribution in [0.4, 0.5) is 11.4 Å². The molecule has 4 nitrogen and oxygen atoms in total. The standard InChI is InChI=1S/C20H25N3O.ClH/c1-15(16-7-3-2-4-8-16)22-17-9-11-18(12-10-17)23-19(24)20(21)13-5-6-14-20;/h2-4,7-12,15,22H,5-6,13-14,21H2,1H3,(H,23,24);1H. The zero-order valence-electron chi connectivity index (χ0n) is 14.5. The average molecular weight is 360 g/mol. The number of rotatable bonds is 5. The first-order chi connectivity index (χ1) is 11.6. The predicted molar refractivity (Wildman–Crippen MR) is 106 cm³/mol. The molecule has 2 aromatic carbocycles. The van der Waals surface area contributed by atoms with Crippen molar-refractivity contribution >= 4 is 29.7 Å². The number of hydrogen-bond acceptors (Lipinski definition) is 3. The summed E-state index contributed by atoms with van der Waals surface area (Å²) in [4.78, 5) is 12.3. The Kier molecular flexibility index (Phi) is 6.45. The van der Waals surface area contributed by atoms with Gasteiger partial charge in [0.1, 0.15) is 0 Å². The molecule has 0 radical (unpaired) electrons. The van der Waals surface area contributed by atoms with Crippen molar-refractivity contribution in [3.63, 3.8) is 0 Å². The normalized spacial score (nSPS) is 16.6. The van der Waals surface area contributed by atoms with Gasteiger partial charge in [-0.05, 0) is 49.6 Å². The highest BCUT2D eigenvalue weighted by molar-refractivity contribution is 5.98. The number of carbonyl (C=O) groups excluding carboxylic acids is 1. The van der Waals surface area contributed by atoms with Gasteiger partial charge in [-0.15, -0.1) is 12.4 Å². The van der Waals surface area contributed by atoms with Crippen molar-refractivity contribution < 1.29 is 4.79 Å². The first kappa shape index (κ1) is 19.3. The molecule has 1 aliphatic carbocycles. The topological polar surface area (TPSA) is 67.1 Å². The maximum absolute atomic E-state index is 12.3. The minimum absolute atomic E-state index is 0. The first-order valence-electron chi connectivity index (χ1n) is 8.59. The third kappa shape index (κ3) is 4.74. The van der Waals surface area contributed by atoms with Crippen LogP contribution in [-0.2, 0) is 4.79 Å². The van der Waals surface area contributed by atoms with Gasteiger partial charge in [0.05, 0.1) is 5.54 Å². The van der Waals surface area contributed by atoms with E-state index in [1.54, 1.807) is 0 Å². The van der Waals surface area contributed by atoms with Gasteiger partial charge >= 0.3 is 0 Å². The molecule has 134 valence electrons. The van der Waals surface area contributed by atoms with E-state index in [9.17, 15) is 4.79 Å². The summed E-state index contributed by atoms with van der Waals surface area (Å²) in [5.41, 5.74) is 8.54. The second kappa shape index (κ2) is 8.37. The second-order valence-electron chi connectivity index (χ2n) is 6.67. The largest absolute Gasteiger partial charge is 0.379 e. The molecule has 0 heterocycles. The van der Waals surface area contributed by atoms with E-state index in [0.29, 0.717) is 0 Å². The van der Waals surface area contributed by atoms with E-state index in [2.05, 4.69) is 29.7 Å². The van der Waals surface area contributed by atoms with Crippen molar-refractivity contribution in [3.8, 4) is 0 Å². The molecule has 2 aromatic rings. The van der Waals surface area contributed by atoms with E-state index < -0.39 is 5.54 Å². The fourth-order valence-electron chi connectivity index (χ4n) is 3.21. The van der Waals surface area contributed by atoms with Crippen molar-refractivity contribution in [2.75, 3.05) is 10.6 Å². The quantitative estimate of drug-likeness (QED) is 0.736. The Morgan fingerprint density at radius 2 is 1.56 bits per heavy atom. The molecule has 1 atom stereocenters. The lowest BCUT2D eigenvalue weighted by atomic mass is 9.98. The van der Waals surface area contributed by atoms with Gasteiger partial charge < -0.3 is 16.4 Å². The Labute approximate surface area is 155 Å². The van der Waals surface area contributed by atoms with Crippen molar-refractivity contribution in [1.82, 2.24) is 0 Å². The summed E-state index contributed by atoms with van der Waals surface area (Å²) in [6, 6.07) is 18.3. The van der Waals surface area contributed by atoms with Crippen molar-refractivity contribution in [2.45, 2.75) is 44.2 Å². The fraction of sp³-hybridized carbons (Fsp3) is 0.350. The van der Waals surface area contributed by atoms with E-state index in [0.717, 1.165) is 37.1 Å². The summed E-state index contributed by atoms with van der Waals surface area (Å²) in [7, 11) is 0. The van der Waals surface area contributed by atoms with Crippen molar-refractivity contribution in [3.05, 3.63) is 60.2 Å². The highest BCUT2D eigenvalue weighted by atomic mass is 35.5. The lowest BCUT2D eigenvalue weighted by Gasteiger charge is -2.22. The smallest absolute Gasteiger partial charge is 0.244 e. The zero-order chi connectivity index (χ0) is 17.0. The molecular weight excluding hydrogens is 334 g/mol. The summed E-state index contributed by atoms with van der Waals surface area (Å²) < 4.78 is 0. The molecule has 25 heavy (non-hydrogen) atoms. The van der Waals surface area contributed by atoms with E-state index >= 15 is 0 Å². The highest BCUT2D eigenvalue weighted by Gasteiger charge is 2.36. The molecule has 1 fully saturated rings. The monoisotopic (exact) mass is 359 g/mol. The first-order valence-corrected chi connectivity index (χ1v) is 8.59. The van der Waals surface area contributed by atoms with Gasteiger partial charge in [0, 0.05) is 17.4 Å². The number of nitrogens with two attached hydrogens (primary N) is 1. The number of benzene rings is 2. The second-order valence-corrected chi connectivity index (χ2v) is 6.67. The Hall–Kier alpha value is -2.04. The van der Waals surface area contributed by atoms with E-state index in [-0.39, 0.29) is 24.4 Å². The summed E-state index contributed by atoms with van der Waals surface area (Å²) in [5.74, 6) is -0.0710. The van der Waals surface area contributed by atoms with Crippen LogP contribution in [-0.4, -0.2) is 11.4 Å². The Balaban J connectivity index is 0.00000225. The lowest BCUT2D eigenvalue weighted by molar-refractivity contribution is -0.121. The van der Waals surface area contributed by atoms with Gasteiger partial charge in [-0.2, -0.15) is 0 Å². The van der Waals surface area contributed by atoms with Crippen LogP contribution in [0.15, 0.2) is 54.6 Å². The number of anilines is 2. The van der Waals surface area contributed by atoms with Crippen LogP contribution >= 0.6 is 12.4 Å². The molecule has 5 heteroatoms. The van der Waals surface area contributed by atoms with Crippen LogP contribution in [0.25, 0.3) is 0 Å². The molecule has 1 saturated carbocycles. The molecule has 0 bridgehead atoms. The van der Waals surface area contributed by atoms with Crippen LogP contribution in [0.2, 0.25) is 0 Å². The summed E-state index contributed by atoms with van der Waals surface area (Å²) in [6.07, 6.45) is 3.61. The summed E-state index contributed by atoms with van der Waals surface area (Å²) in [5, 5.41) is 6.41. The third-order valence-electron chi connectivity index (χ3n) is 4.77. The molecular formula is C20H26ClN3O. The van der Waals surface area contributed by atoms with Crippen LogP contribution in [0.5, 0.6) is 0 Å². The predicted octanol–water partition coefficient (Wildman–Crippen LogP) is 4.49. The number of nitrogens with one attached hydrogen (secondary N) is 2. The Bertz CT molecular complexity index is 682. The van der Waals surface area contributed by atoms with Gasteiger partial charge in [-0.3, -0.25) is 4.79 Å². The third-order valence-corrected chi connectivity index (χ3v) is 4.77. The molecule has 0 aromatic heterocycles. The molecule has 0 saturated heterocycles. The Morgan fingerprint density at radius 1 is 1.00 bits per heavy atom. The average Bonchev–Trinajstić information content (AvgIpc) is 3.05. The van der Waals surface area contributed by atoms with Gasteiger partial charge in [-0.1, -0.05) is 43.2 Å². The Morgan fingerprint density at radius 3 is 2.16 bits per heavy atom. The number of amides is 1. The van der Waals surface area contributed by atoms with Crippen LogP contribution < -0.4 is 16.4 Å². The van der Waals surface area contributed by atoms with E-state index in [1.165, 1.54) is 5.56 Å². The van der Waals surface area contributed by atoms with Crippen molar-refractivity contribution in [1.29, 1.82) is 0 Å². The minimum Gasteiger partial charge on any atom is -0.379 e. The molecule has 1 unspecified atom stereocenters. The molecule has 1 aliphatic rings. The van der Waals surface area contributed by atoms with Gasteiger partial charge in [-0.25, -0.2) is 0 Å². The highest BCUT2D eigenvalue weighted by Crippen LogP contribution is 2.28. The van der Waals surface area contributed by atoms with Gasteiger partial charge in [0.2, 0.25) is 5.91 Å². The van der Waals surface area contributed by atoms with Crippen molar-refractivity contribution in [2.24, 2.45) is 5.73 Å². The SMILES string of the molecule is CC(Nc1ccc(NC(=O)C2(N)CCCC2)cc1)c1ccccc1.Cl. The number of hydrogen-bond donors (Lipinski definition) is 3. The maximum atomic E-state index is 12.3. The van der Waals surface area contributed by atoms with Crippen LogP contribution in [0.1, 0.15) is 44.2 Å². The van der Waals surface area contributed by atoms with Gasteiger partial charge in [0.15, 0.2) is 0 Å². The summed E-state index contributed by atoms with van der Waals surface area (Å²) in [6.45, 7) is 2.13. The molecule has 1 amide bonds. The van der Waals surface area contributed by atoms with E-state index in [4.69, 9.17) is 5.73 Å². The molecule has 4 N–H and O–H groups in total. The maximum Gasteiger partial charge on any atom is 0.244 e. The zero-order valence-corrected chi connectivity index (χ0v) is 15.3. The molecule has 0 spiro atoms. The number of carbonyl (C=O) groups is 1. The summed E-state index contributed by atoms with van der Waals surface area (Å²) >= 11 is 0. The van der Waals surface area contributed by atoms with Gasteiger partial charge in [0.25, 0.3) is 0 Å². The fourth-order valence-corrected chi connectivity index (χ4v) is 3.21.